The highest BCUT2D eigenvalue weighted by atomic mass is 79.9. The van der Waals surface area contributed by atoms with Gasteiger partial charge in [-0.15, -0.1) is 0 Å². The Balaban J connectivity index is 2.22. The molecule has 1 unspecified atom stereocenters. The van der Waals surface area contributed by atoms with Gasteiger partial charge in [0, 0.05) is 28.8 Å². The van der Waals surface area contributed by atoms with Gasteiger partial charge in [-0.05, 0) is 18.6 Å². The molecule has 1 N–H and O–H groups in total. The fraction of sp³-hybridized carbons (Fsp3) is 0.538. The molecule has 1 aromatic rings. The molecule has 0 aromatic heterocycles. The third-order valence-electron chi connectivity index (χ3n) is 3.15. The lowest BCUT2D eigenvalue weighted by Crippen LogP contribution is -2.42. The van der Waals surface area contributed by atoms with Crippen LogP contribution in [0, 0.1) is 0 Å². The Morgan fingerprint density at radius 1 is 1.53 bits per heavy atom. The van der Waals surface area contributed by atoms with Gasteiger partial charge in [0.1, 0.15) is 0 Å². The van der Waals surface area contributed by atoms with E-state index in [2.05, 4.69) is 33.8 Å². The number of hydrogen-bond donors (Lipinski definition) is 1. The van der Waals surface area contributed by atoms with Crippen molar-refractivity contribution in [3.05, 3.63) is 28.2 Å². The number of morpholine rings is 1. The smallest absolute Gasteiger partial charge is 0.0748 e. The topological polar surface area (TPSA) is 32.7 Å². The van der Waals surface area contributed by atoms with Gasteiger partial charge in [0.2, 0.25) is 0 Å². The first-order chi connectivity index (χ1) is 8.24. The molecule has 1 atom stereocenters. The van der Waals surface area contributed by atoms with Gasteiger partial charge < -0.3 is 14.7 Å². The first-order valence-corrected chi connectivity index (χ1v) is 6.79. The average Bonchev–Trinajstić information content (AvgIpc) is 2.39. The van der Waals surface area contributed by atoms with E-state index in [1.54, 1.807) is 0 Å². The summed E-state index contributed by atoms with van der Waals surface area (Å²) in [5.74, 6) is 0. The van der Waals surface area contributed by atoms with E-state index in [0.717, 1.165) is 41.8 Å². The summed E-state index contributed by atoms with van der Waals surface area (Å²) in [5, 5.41) is 9.39. The standard InChI is InChI=1S/C13H18BrNO2/c1-2-12-8-15(5-6-17-12)13-7-11(14)4-3-10(13)9-16/h3-4,7,12,16H,2,5-6,8-9H2,1H3. The molecular weight excluding hydrogens is 282 g/mol. The Morgan fingerprint density at radius 2 is 2.35 bits per heavy atom. The first kappa shape index (κ1) is 12.9. The summed E-state index contributed by atoms with van der Waals surface area (Å²) in [6.07, 6.45) is 1.33. The summed E-state index contributed by atoms with van der Waals surface area (Å²) >= 11 is 3.48. The molecule has 0 spiro atoms. The number of halogens is 1. The van der Waals surface area contributed by atoms with Crippen LogP contribution < -0.4 is 4.90 Å². The third kappa shape index (κ3) is 3.00. The molecule has 2 rings (SSSR count). The molecule has 1 saturated heterocycles. The Labute approximate surface area is 111 Å². The summed E-state index contributed by atoms with van der Waals surface area (Å²) in [4.78, 5) is 2.30. The van der Waals surface area contributed by atoms with Crippen LogP contribution in [-0.2, 0) is 11.3 Å². The molecule has 94 valence electrons. The second-order valence-electron chi connectivity index (χ2n) is 4.28. The second-order valence-corrected chi connectivity index (χ2v) is 5.19. The number of aliphatic hydroxyl groups excluding tert-OH is 1. The summed E-state index contributed by atoms with van der Waals surface area (Å²) < 4.78 is 6.71. The Kier molecular flexibility index (Phi) is 4.42. The first-order valence-electron chi connectivity index (χ1n) is 6.00. The zero-order chi connectivity index (χ0) is 12.3. The summed E-state index contributed by atoms with van der Waals surface area (Å²) in [7, 11) is 0. The Hall–Kier alpha value is -0.580. The number of hydrogen-bond acceptors (Lipinski definition) is 3. The van der Waals surface area contributed by atoms with Gasteiger partial charge >= 0.3 is 0 Å². The summed E-state index contributed by atoms with van der Waals surface area (Å²) in [6, 6.07) is 6.01. The maximum Gasteiger partial charge on any atom is 0.0748 e. The van der Waals surface area contributed by atoms with Crippen LogP contribution in [0.1, 0.15) is 18.9 Å². The van der Waals surface area contributed by atoms with Gasteiger partial charge in [-0.25, -0.2) is 0 Å². The number of aliphatic hydroxyl groups is 1. The number of benzene rings is 1. The van der Waals surface area contributed by atoms with Crippen molar-refractivity contribution in [2.75, 3.05) is 24.6 Å². The molecule has 0 aliphatic carbocycles. The lowest BCUT2D eigenvalue weighted by Gasteiger charge is -2.35. The van der Waals surface area contributed by atoms with E-state index in [0.29, 0.717) is 6.10 Å². The molecule has 0 bridgehead atoms. The van der Waals surface area contributed by atoms with E-state index in [9.17, 15) is 5.11 Å². The fourth-order valence-electron chi connectivity index (χ4n) is 2.15. The molecule has 17 heavy (non-hydrogen) atoms. The molecule has 1 heterocycles. The van der Waals surface area contributed by atoms with Crippen LogP contribution in [0.5, 0.6) is 0 Å². The van der Waals surface area contributed by atoms with Crippen molar-refractivity contribution >= 4 is 21.6 Å². The highest BCUT2D eigenvalue weighted by molar-refractivity contribution is 9.10. The molecule has 1 aromatic carbocycles. The van der Waals surface area contributed by atoms with Gasteiger partial charge in [0.15, 0.2) is 0 Å². The van der Waals surface area contributed by atoms with Gasteiger partial charge in [0.25, 0.3) is 0 Å². The number of ether oxygens (including phenoxy) is 1. The Morgan fingerprint density at radius 3 is 3.06 bits per heavy atom. The Bertz CT molecular complexity index is 384. The van der Waals surface area contributed by atoms with Crippen LogP contribution in [-0.4, -0.2) is 30.9 Å². The van der Waals surface area contributed by atoms with Gasteiger partial charge in [-0.3, -0.25) is 0 Å². The highest BCUT2D eigenvalue weighted by Gasteiger charge is 2.21. The van der Waals surface area contributed by atoms with Crippen LogP contribution in [0.25, 0.3) is 0 Å². The van der Waals surface area contributed by atoms with E-state index in [1.165, 1.54) is 0 Å². The van der Waals surface area contributed by atoms with Crippen LogP contribution in [0.4, 0.5) is 5.69 Å². The molecule has 0 radical (unpaired) electrons. The van der Waals surface area contributed by atoms with E-state index >= 15 is 0 Å². The van der Waals surface area contributed by atoms with Crippen LogP contribution >= 0.6 is 15.9 Å². The SMILES string of the molecule is CCC1CN(c2cc(Br)ccc2CO)CCO1. The predicted octanol–water partition coefficient (Wildman–Crippen LogP) is 2.56. The van der Waals surface area contributed by atoms with Crippen LogP contribution in [0.15, 0.2) is 22.7 Å². The lowest BCUT2D eigenvalue weighted by atomic mass is 10.1. The van der Waals surface area contributed by atoms with Gasteiger partial charge in [-0.2, -0.15) is 0 Å². The fourth-order valence-corrected chi connectivity index (χ4v) is 2.50. The van der Waals surface area contributed by atoms with Crippen molar-refractivity contribution in [3.63, 3.8) is 0 Å². The van der Waals surface area contributed by atoms with Crippen molar-refractivity contribution < 1.29 is 9.84 Å². The van der Waals surface area contributed by atoms with E-state index in [4.69, 9.17) is 4.74 Å². The molecule has 3 nitrogen and oxygen atoms in total. The molecule has 0 amide bonds. The van der Waals surface area contributed by atoms with E-state index < -0.39 is 0 Å². The summed E-state index contributed by atoms with van der Waals surface area (Å²) in [6.45, 7) is 4.77. The zero-order valence-electron chi connectivity index (χ0n) is 10.0. The normalized spacial score (nSPS) is 20.6. The number of rotatable bonds is 3. The van der Waals surface area contributed by atoms with Crippen LogP contribution in [0.2, 0.25) is 0 Å². The predicted molar refractivity (Wildman–Crippen MR) is 72.3 cm³/mol. The minimum atomic E-state index is 0.0801. The van der Waals surface area contributed by atoms with Crippen LogP contribution in [0.3, 0.4) is 0 Å². The van der Waals surface area contributed by atoms with E-state index in [-0.39, 0.29) is 6.61 Å². The lowest BCUT2D eigenvalue weighted by molar-refractivity contribution is 0.0383. The summed E-state index contributed by atoms with van der Waals surface area (Å²) in [5.41, 5.74) is 2.09. The molecule has 1 fully saturated rings. The molecule has 0 saturated carbocycles. The monoisotopic (exact) mass is 299 g/mol. The van der Waals surface area contributed by atoms with Gasteiger partial charge in [-0.1, -0.05) is 28.9 Å². The van der Waals surface area contributed by atoms with Crippen molar-refractivity contribution in [1.29, 1.82) is 0 Å². The number of anilines is 1. The van der Waals surface area contributed by atoms with E-state index in [1.807, 2.05) is 12.1 Å². The van der Waals surface area contributed by atoms with Gasteiger partial charge in [0.05, 0.1) is 19.3 Å². The molecule has 1 aliphatic rings. The maximum atomic E-state index is 9.39. The second kappa shape index (κ2) is 5.85. The quantitative estimate of drug-likeness (QED) is 0.931. The number of nitrogens with zero attached hydrogens (tertiary/aromatic N) is 1. The third-order valence-corrected chi connectivity index (χ3v) is 3.65. The minimum absolute atomic E-state index is 0.0801. The zero-order valence-corrected chi connectivity index (χ0v) is 11.6. The van der Waals surface area contributed by atoms with Crippen molar-refractivity contribution in [3.8, 4) is 0 Å². The minimum Gasteiger partial charge on any atom is -0.392 e. The maximum absolute atomic E-state index is 9.39. The van der Waals surface area contributed by atoms with Crippen molar-refractivity contribution in [2.24, 2.45) is 0 Å². The largest absolute Gasteiger partial charge is 0.392 e. The average molecular weight is 300 g/mol. The van der Waals surface area contributed by atoms with Crippen molar-refractivity contribution in [1.82, 2.24) is 0 Å². The molecule has 4 heteroatoms. The van der Waals surface area contributed by atoms with Crippen molar-refractivity contribution in [2.45, 2.75) is 26.1 Å². The molecule has 1 aliphatic heterocycles. The molecular formula is C13H18BrNO2. The highest BCUT2D eigenvalue weighted by Crippen LogP contribution is 2.27.